The first kappa shape index (κ1) is 28.2. The van der Waals surface area contributed by atoms with E-state index in [-0.39, 0.29) is 11.4 Å². The molecule has 3 aromatic carbocycles. The Kier molecular flexibility index (Phi) is 10.3. The number of allylic oxidation sites excluding steroid dienone is 2. The van der Waals surface area contributed by atoms with Crippen molar-refractivity contribution in [3.05, 3.63) is 95.3 Å². The summed E-state index contributed by atoms with van der Waals surface area (Å²) in [6, 6.07) is 16.0. The SMILES string of the molecule is CC=CC1CCC(c2ccc(-c3ccc(-c4ccc(CCCCCCCC)c(F)c4F)cc3)c(F)c2)CC1. The zero-order valence-electron chi connectivity index (χ0n) is 22.9. The molecular weight excluding hydrogens is 477 g/mol. The Labute approximate surface area is 227 Å². The molecule has 0 amide bonds. The highest BCUT2D eigenvalue weighted by Gasteiger charge is 2.22. The summed E-state index contributed by atoms with van der Waals surface area (Å²) in [7, 11) is 0. The van der Waals surface area contributed by atoms with Crippen molar-refractivity contribution < 1.29 is 13.2 Å². The Morgan fingerprint density at radius 1 is 0.711 bits per heavy atom. The molecule has 0 aliphatic heterocycles. The maximum Gasteiger partial charge on any atom is 0.166 e. The average Bonchev–Trinajstić information content (AvgIpc) is 2.94. The van der Waals surface area contributed by atoms with E-state index >= 15 is 4.39 Å². The van der Waals surface area contributed by atoms with Gasteiger partial charge in [0, 0.05) is 11.1 Å². The maximum atomic E-state index is 15.1. The lowest BCUT2D eigenvalue weighted by Crippen LogP contribution is -2.12. The van der Waals surface area contributed by atoms with Crippen LogP contribution in [0.4, 0.5) is 13.2 Å². The molecule has 38 heavy (non-hydrogen) atoms. The third-order valence-corrected chi connectivity index (χ3v) is 8.17. The summed E-state index contributed by atoms with van der Waals surface area (Å²) in [6.07, 6.45) is 16.1. The normalized spacial score (nSPS) is 17.8. The maximum absolute atomic E-state index is 15.1. The molecule has 0 radical (unpaired) electrons. The lowest BCUT2D eigenvalue weighted by Gasteiger charge is -2.27. The molecule has 4 rings (SSSR count). The van der Waals surface area contributed by atoms with Crippen LogP contribution in [0.25, 0.3) is 22.3 Å². The molecule has 0 N–H and O–H groups in total. The summed E-state index contributed by atoms with van der Waals surface area (Å²) in [5.74, 6) is -0.734. The highest BCUT2D eigenvalue weighted by Crippen LogP contribution is 2.38. The van der Waals surface area contributed by atoms with Crippen LogP contribution in [-0.4, -0.2) is 0 Å². The Bertz CT molecular complexity index is 1200. The van der Waals surface area contributed by atoms with E-state index < -0.39 is 11.6 Å². The summed E-state index contributed by atoms with van der Waals surface area (Å²) in [5, 5.41) is 0. The van der Waals surface area contributed by atoms with E-state index in [4.69, 9.17) is 0 Å². The monoisotopic (exact) mass is 518 g/mol. The van der Waals surface area contributed by atoms with E-state index in [0.29, 0.717) is 34.9 Å². The first-order valence-corrected chi connectivity index (χ1v) is 14.5. The van der Waals surface area contributed by atoms with Gasteiger partial charge in [-0.3, -0.25) is 0 Å². The minimum absolute atomic E-state index is 0.234. The fourth-order valence-corrected chi connectivity index (χ4v) is 5.87. The average molecular weight is 519 g/mol. The molecule has 3 aromatic rings. The molecule has 1 saturated carbocycles. The molecule has 0 unspecified atom stereocenters. The van der Waals surface area contributed by atoms with E-state index in [0.717, 1.165) is 56.1 Å². The minimum Gasteiger partial charge on any atom is -0.206 e. The molecule has 0 heterocycles. The molecular formula is C35H41F3. The van der Waals surface area contributed by atoms with E-state index in [1.165, 1.54) is 19.3 Å². The van der Waals surface area contributed by atoms with Crippen molar-refractivity contribution in [3.8, 4) is 22.3 Å². The Morgan fingerprint density at radius 3 is 2.00 bits per heavy atom. The van der Waals surface area contributed by atoms with Crippen molar-refractivity contribution >= 4 is 0 Å². The highest BCUT2D eigenvalue weighted by atomic mass is 19.2. The lowest BCUT2D eigenvalue weighted by atomic mass is 9.78. The number of rotatable bonds is 11. The summed E-state index contributed by atoms with van der Waals surface area (Å²) in [5.41, 5.74) is 3.60. The molecule has 202 valence electrons. The summed E-state index contributed by atoms with van der Waals surface area (Å²) < 4.78 is 44.9. The number of aryl methyl sites for hydroxylation is 1. The minimum atomic E-state index is -0.805. The first-order valence-electron chi connectivity index (χ1n) is 14.5. The highest BCUT2D eigenvalue weighted by molar-refractivity contribution is 5.71. The van der Waals surface area contributed by atoms with Crippen molar-refractivity contribution in [2.75, 3.05) is 0 Å². The molecule has 1 fully saturated rings. The van der Waals surface area contributed by atoms with Crippen LogP contribution in [0.1, 0.15) is 95.1 Å². The predicted molar refractivity (Wildman–Crippen MR) is 154 cm³/mol. The zero-order chi connectivity index (χ0) is 26.9. The zero-order valence-corrected chi connectivity index (χ0v) is 22.9. The van der Waals surface area contributed by atoms with Gasteiger partial charge in [-0.15, -0.1) is 0 Å². The van der Waals surface area contributed by atoms with Gasteiger partial charge in [0.15, 0.2) is 11.6 Å². The number of unbranched alkanes of at least 4 members (excludes halogenated alkanes) is 5. The van der Waals surface area contributed by atoms with Crippen molar-refractivity contribution in [1.82, 2.24) is 0 Å². The Hall–Kier alpha value is -2.81. The smallest absolute Gasteiger partial charge is 0.166 e. The van der Waals surface area contributed by atoms with Crippen molar-refractivity contribution in [2.24, 2.45) is 5.92 Å². The Balaban J connectivity index is 1.41. The Morgan fingerprint density at radius 2 is 1.34 bits per heavy atom. The molecule has 0 aromatic heterocycles. The van der Waals surface area contributed by atoms with Gasteiger partial charge in [-0.25, -0.2) is 13.2 Å². The van der Waals surface area contributed by atoms with Gasteiger partial charge in [0.25, 0.3) is 0 Å². The van der Waals surface area contributed by atoms with E-state index in [1.807, 2.05) is 12.1 Å². The summed E-state index contributed by atoms with van der Waals surface area (Å²) in [6.45, 7) is 4.25. The summed E-state index contributed by atoms with van der Waals surface area (Å²) >= 11 is 0. The number of hydrogen-bond donors (Lipinski definition) is 0. The van der Waals surface area contributed by atoms with Crippen LogP contribution in [0.15, 0.2) is 66.7 Å². The van der Waals surface area contributed by atoms with Crippen LogP contribution >= 0.6 is 0 Å². The standard InChI is InChI=1S/C35H41F3/c1-3-5-6-7-8-9-11-29-20-23-32(35(38)34(29)37)28-18-16-27(17-19-28)31-22-21-30(24-33(31)36)26-14-12-25(10-4-2)13-15-26/h4,10,16-26H,3,5-9,11-15H2,1-2H3. The second kappa shape index (κ2) is 13.8. The largest absolute Gasteiger partial charge is 0.206 e. The van der Waals surface area contributed by atoms with Crippen LogP contribution in [0, 0.1) is 23.4 Å². The predicted octanol–water partition coefficient (Wildman–Crippen LogP) is 11.2. The first-order chi connectivity index (χ1) is 18.5. The third-order valence-electron chi connectivity index (χ3n) is 8.17. The van der Waals surface area contributed by atoms with Crippen molar-refractivity contribution in [2.45, 2.75) is 90.4 Å². The number of halogens is 3. The molecule has 0 bridgehead atoms. The molecule has 0 atom stereocenters. The third kappa shape index (κ3) is 6.98. The fourth-order valence-electron chi connectivity index (χ4n) is 5.87. The van der Waals surface area contributed by atoms with Crippen LogP contribution in [0.2, 0.25) is 0 Å². The van der Waals surface area contributed by atoms with Crippen molar-refractivity contribution in [1.29, 1.82) is 0 Å². The van der Waals surface area contributed by atoms with Gasteiger partial charge in [-0.05, 0) is 85.6 Å². The van der Waals surface area contributed by atoms with Crippen LogP contribution < -0.4 is 0 Å². The van der Waals surface area contributed by atoms with Gasteiger partial charge in [0.05, 0.1) is 0 Å². The van der Waals surface area contributed by atoms with Crippen LogP contribution in [0.3, 0.4) is 0 Å². The van der Waals surface area contributed by atoms with E-state index in [9.17, 15) is 8.78 Å². The molecule has 3 heteroatoms. The topological polar surface area (TPSA) is 0 Å². The van der Waals surface area contributed by atoms with E-state index in [2.05, 4.69) is 26.0 Å². The van der Waals surface area contributed by atoms with Gasteiger partial charge >= 0.3 is 0 Å². The molecule has 1 aliphatic carbocycles. The molecule has 0 nitrogen and oxygen atoms in total. The van der Waals surface area contributed by atoms with Gasteiger partial charge in [-0.1, -0.05) is 99.7 Å². The van der Waals surface area contributed by atoms with Gasteiger partial charge in [0.2, 0.25) is 0 Å². The van der Waals surface area contributed by atoms with E-state index in [1.54, 1.807) is 42.5 Å². The number of benzene rings is 3. The quantitative estimate of drug-likeness (QED) is 0.175. The number of hydrogen-bond acceptors (Lipinski definition) is 0. The molecule has 0 saturated heterocycles. The second-order valence-electron chi connectivity index (χ2n) is 10.9. The van der Waals surface area contributed by atoms with Crippen LogP contribution in [0.5, 0.6) is 0 Å². The lowest BCUT2D eigenvalue weighted by molar-refractivity contribution is 0.375. The van der Waals surface area contributed by atoms with Gasteiger partial charge in [0.1, 0.15) is 5.82 Å². The molecule has 1 aliphatic rings. The second-order valence-corrected chi connectivity index (χ2v) is 10.9. The van der Waals surface area contributed by atoms with Crippen molar-refractivity contribution in [3.63, 3.8) is 0 Å². The van der Waals surface area contributed by atoms with Gasteiger partial charge < -0.3 is 0 Å². The molecule has 0 spiro atoms. The van der Waals surface area contributed by atoms with Gasteiger partial charge in [-0.2, -0.15) is 0 Å². The fraction of sp³-hybridized carbons (Fsp3) is 0.429. The summed E-state index contributed by atoms with van der Waals surface area (Å²) in [4.78, 5) is 0. The van der Waals surface area contributed by atoms with Crippen LogP contribution in [-0.2, 0) is 6.42 Å².